The molecule has 5 heteroatoms. The maximum Gasteiger partial charge on any atom is 0.346 e. The van der Waals surface area contributed by atoms with Crippen molar-refractivity contribution in [2.45, 2.75) is 44.7 Å². The zero-order valence-corrected chi connectivity index (χ0v) is 13.4. The molecule has 2 fully saturated rings. The van der Waals surface area contributed by atoms with Crippen LogP contribution in [0, 0.1) is 5.92 Å². The number of nitrogens with zero attached hydrogens (tertiary/aromatic N) is 3. The van der Waals surface area contributed by atoms with Crippen LogP contribution in [0.4, 0.5) is 0 Å². The maximum atomic E-state index is 12.8. The van der Waals surface area contributed by atoms with Crippen molar-refractivity contribution >= 4 is 0 Å². The fourth-order valence-electron chi connectivity index (χ4n) is 3.42. The summed E-state index contributed by atoms with van der Waals surface area (Å²) in [5, 5.41) is 8.14. The summed E-state index contributed by atoms with van der Waals surface area (Å²) >= 11 is 0. The Morgan fingerprint density at radius 3 is 2.52 bits per heavy atom. The SMILES string of the molecule is O=c1n(CC2CC2)nc(C2CCNCC2)n1Cc1ccccc1. The molecule has 2 aliphatic rings. The van der Waals surface area contributed by atoms with Crippen molar-refractivity contribution in [1.82, 2.24) is 19.7 Å². The molecule has 0 spiro atoms. The van der Waals surface area contributed by atoms with Gasteiger partial charge in [0.2, 0.25) is 0 Å². The summed E-state index contributed by atoms with van der Waals surface area (Å²) in [6.07, 6.45) is 4.60. The minimum absolute atomic E-state index is 0.0642. The first kappa shape index (κ1) is 14.7. The van der Waals surface area contributed by atoms with Gasteiger partial charge in [-0.2, -0.15) is 5.10 Å². The second kappa shape index (κ2) is 6.32. The van der Waals surface area contributed by atoms with Crippen LogP contribution < -0.4 is 11.0 Å². The molecular formula is C18H24N4O. The van der Waals surface area contributed by atoms with Gasteiger partial charge >= 0.3 is 5.69 Å². The van der Waals surface area contributed by atoms with Gasteiger partial charge in [-0.1, -0.05) is 30.3 Å². The van der Waals surface area contributed by atoms with Crippen LogP contribution in [0.1, 0.15) is 43.0 Å². The fraction of sp³-hybridized carbons (Fsp3) is 0.556. The molecule has 1 aliphatic carbocycles. The third-order valence-corrected chi connectivity index (χ3v) is 4.97. The first-order chi connectivity index (χ1) is 11.3. The summed E-state index contributed by atoms with van der Waals surface area (Å²) in [7, 11) is 0. The summed E-state index contributed by atoms with van der Waals surface area (Å²) in [6, 6.07) is 10.2. The van der Waals surface area contributed by atoms with E-state index in [0.29, 0.717) is 18.4 Å². The Balaban J connectivity index is 1.68. The second-order valence-corrected chi connectivity index (χ2v) is 6.86. The number of aromatic nitrogens is 3. The first-order valence-corrected chi connectivity index (χ1v) is 8.73. The summed E-state index contributed by atoms with van der Waals surface area (Å²) in [5.74, 6) is 2.04. The fourth-order valence-corrected chi connectivity index (χ4v) is 3.42. The van der Waals surface area contributed by atoms with Gasteiger partial charge in [0.1, 0.15) is 5.82 Å². The van der Waals surface area contributed by atoms with Crippen LogP contribution in [0.3, 0.4) is 0 Å². The summed E-state index contributed by atoms with van der Waals surface area (Å²) < 4.78 is 3.63. The van der Waals surface area contributed by atoms with Crippen molar-refractivity contribution in [3.8, 4) is 0 Å². The van der Waals surface area contributed by atoms with Crippen molar-refractivity contribution in [1.29, 1.82) is 0 Å². The van der Waals surface area contributed by atoms with E-state index in [1.54, 1.807) is 4.68 Å². The molecular weight excluding hydrogens is 288 g/mol. The molecule has 0 atom stereocenters. The minimum atomic E-state index is 0.0642. The molecule has 1 saturated heterocycles. The number of hydrogen-bond acceptors (Lipinski definition) is 3. The van der Waals surface area contributed by atoms with Gasteiger partial charge in [-0.05, 0) is 50.3 Å². The second-order valence-electron chi connectivity index (χ2n) is 6.86. The average molecular weight is 312 g/mol. The van der Waals surface area contributed by atoms with Gasteiger partial charge in [0.15, 0.2) is 0 Å². The van der Waals surface area contributed by atoms with Gasteiger partial charge in [0, 0.05) is 12.5 Å². The maximum absolute atomic E-state index is 12.8. The zero-order valence-electron chi connectivity index (χ0n) is 13.4. The highest BCUT2D eigenvalue weighted by molar-refractivity contribution is 5.16. The lowest BCUT2D eigenvalue weighted by atomic mass is 9.97. The Kier molecular flexibility index (Phi) is 4.04. The molecule has 4 rings (SSSR count). The molecule has 122 valence electrons. The average Bonchev–Trinajstić information content (AvgIpc) is 3.37. The zero-order chi connectivity index (χ0) is 15.6. The van der Waals surface area contributed by atoms with E-state index < -0.39 is 0 Å². The summed E-state index contributed by atoms with van der Waals surface area (Å²) in [5.41, 5.74) is 1.23. The highest BCUT2D eigenvalue weighted by Crippen LogP contribution is 2.30. The van der Waals surface area contributed by atoms with Crippen molar-refractivity contribution in [3.05, 3.63) is 52.2 Å². The van der Waals surface area contributed by atoms with Gasteiger partial charge in [-0.15, -0.1) is 0 Å². The molecule has 1 aliphatic heterocycles. The van der Waals surface area contributed by atoms with E-state index in [0.717, 1.165) is 43.9 Å². The molecule has 1 aromatic carbocycles. The van der Waals surface area contributed by atoms with E-state index in [9.17, 15) is 4.79 Å². The Morgan fingerprint density at radius 1 is 1.09 bits per heavy atom. The smallest absolute Gasteiger partial charge is 0.317 e. The van der Waals surface area contributed by atoms with Gasteiger partial charge in [-0.3, -0.25) is 4.57 Å². The van der Waals surface area contributed by atoms with Gasteiger partial charge in [0.25, 0.3) is 0 Å². The highest BCUT2D eigenvalue weighted by atomic mass is 16.2. The number of hydrogen-bond donors (Lipinski definition) is 1. The predicted molar refractivity (Wildman–Crippen MR) is 89.6 cm³/mol. The molecule has 0 bridgehead atoms. The van der Waals surface area contributed by atoms with Gasteiger partial charge in [0.05, 0.1) is 6.54 Å². The number of piperidine rings is 1. The molecule has 1 N–H and O–H groups in total. The van der Waals surface area contributed by atoms with Crippen LogP contribution >= 0.6 is 0 Å². The van der Waals surface area contributed by atoms with E-state index in [-0.39, 0.29) is 5.69 Å². The first-order valence-electron chi connectivity index (χ1n) is 8.73. The third-order valence-electron chi connectivity index (χ3n) is 4.97. The largest absolute Gasteiger partial charge is 0.346 e. The standard InChI is InChI=1S/C18H24N4O/c23-18-21(12-14-4-2-1-3-5-14)17(16-8-10-19-11-9-16)20-22(18)13-15-6-7-15/h1-5,15-16,19H,6-13H2. The lowest BCUT2D eigenvalue weighted by Gasteiger charge is -2.22. The molecule has 0 unspecified atom stereocenters. The Labute approximate surface area is 136 Å². The van der Waals surface area contributed by atoms with Crippen LogP contribution in [0.2, 0.25) is 0 Å². The van der Waals surface area contributed by atoms with E-state index in [1.165, 1.54) is 12.8 Å². The summed E-state index contributed by atoms with van der Waals surface area (Å²) in [4.78, 5) is 12.8. The van der Waals surface area contributed by atoms with Crippen molar-refractivity contribution in [2.24, 2.45) is 5.92 Å². The molecule has 2 heterocycles. The normalized spacial score (nSPS) is 19.1. The number of nitrogens with one attached hydrogen (secondary N) is 1. The molecule has 1 aromatic heterocycles. The van der Waals surface area contributed by atoms with Crippen LogP contribution in [0.5, 0.6) is 0 Å². The Hall–Kier alpha value is -1.88. The van der Waals surface area contributed by atoms with Crippen molar-refractivity contribution in [3.63, 3.8) is 0 Å². The van der Waals surface area contributed by atoms with E-state index >= 15 is 0 Å². The lowest BCUT2D eigenvalue weighted by molar-refractivity contribution is 0.429. The molecule has 1 saturated carbocycles. The number of benzene rings is 1. The Morgan fingerprint density at radius 2 is 1.83 bits per heavy atom. The van der Waals surface area contributed by atoms with Crippen molar-refractivity contribution in [2.75, 3.05) is 13.1 Å². The third kappa shape index (κ3) is 3.24. The minimum Gasteiger partial charge on any atom is -0.317 e. The van der Waals surface area contributed by atoms with E-state index in [1.807, 2.05) is 22.8 Å². The lowest BCUT2D eigenvalue weighted by Crippen LogP contribution is -2.30. The monoisotopic (exact) mass is 312 g/mol. The molecule has 0 radical (unpaired) electrons. The van der Waals surface area contributed by atoms with E-state index in [2.05, 4.69) is 17.4 Å². The van der Waals surface area contributed by atoms with E-state index in [4.69, 9.17) is 5.10 Å². The molecule has 5 nitrogen and oxygen atoms in total. The van der Waals surface area contributed by atoms with Gasteiger partial charge < -0.3 is 5.32 Å². The summed E-state index contributed by atoms with van der Waals surface area (Å²) in [6.45, 7) is 3.45. The van der Waals surface area contributed by atoms with Crippen molar-refractivity contribution < 1.29 is 0 Å². The van der Waals surface area contributed by atoms with Crippen LogP contribution in [0.15, 0.2) is 35.1 Å². The highest BCUT2D eigenvalue weighted by Gasteiger charge is 2.27. The van der Waals surface area contributed by atoms with Gasteiger partial charge in [-0.25, -0.2) is 9.48 Å². The Bertz CT molecular complexity index is 708. The molecule has 2 aromatic rings. The van der Waals surface area contributed by atoms with Crippen LogP contribution in [-0.2, 0) is 13.1 Å². The molecule has 23 heavy (non-hydrogen) atoms. The topological polar surface area (TPSA) is 51.9 Å². The molecule has 0 amide bonds. The van der Waals surface area contributed by atoms with Crippen LogP contribution in [0.25, 0.3) is 0 Å². The van der Waals surface area contributed by atoms with Crippen LogP contribution in [-0.4, -0.2) is 27.4 Å². The quantitative estimate of drug-likeness (QED) is 0.918. The predicted octanol–water partition coefficient (Wildman–Crippen LogP) is 1.97. The number of rotatable bonds is 5.